The highest BCUT2D eigenvalue weighted by Gasteiger charge is 2.18. The predicted octanol–water partition coefficient (Wildman–Crippen LogP) is 3.42. The van der Waals surface area contributed by atoms with Gasteiger partial charge in [0.15, 0.2) is 0 Å². The minimum atomic E-state index is -3.45. The maximum Gasteiger partial charge on any atom is 0.251 e. The largest absolute Gasteiger partial charge is 0.378 e. The Kier molecular flexibility index (Phi) is 7.49. The molecule has 0 unspecified atom stereocenters. The first-order valence-electron chi connectivity index (χ1n) is 11.2. The van der Waals surface area contributed by atoms with Gasteiger partial charge in [-0.15, -0.1) is 0 Å². The first-order chi connectivity index (χ1) is 16.4. The highest BCUT2D eigenvalue weighted by Crippen LogP contribution is 2.20. The normalized spacial score (nSPS) is 14.0. The van der Waals surface area contributed by atoms with Crippen LogP contribution in [-0.2, 0) is 27.8 Å². The molecule has 0 aromatic heterocycles. The summed E-state index contributed by atoms with van der Waals surface area (Å²) < 4.78 is 31.3. The summed E-state index contributed by atoms with van der Waals surface area (Å²) in [5.41, 5.74) is 4.11. The Bertz CT molecular complexity index is 1190. The fourth-order valence-electron chi connectivity index (χ4n) is 3.85. The summed E-state index contributed by atoms with van der Waals surface area (Å²) in [6.45, 7) is 3.89. The quantitative estimate of drug-likeness (QED) is 0.536. The molecule has 1 heterocycles. The summed E-state index contributed by atoms with van der Waals surface area (Å²) in [5.74, 6) is -0.174. The molecule has 1 amide bonds. The van der Waals surface area contributed by atoms with E-state index >= 15 is 0 Å². The Labute approximate surface area is 201 Å². The van der Waals surface area contributed by atoms with Crippen LogP contribution in [0.2, 0.25) is 0 Å². The molecule has 1 N–H and O–H groups in total. The van der Waals surface area contributed by atoms with E-state index in [1.807, 2.05) is 18.2 Å². The summed E-state index contributed by atoms with van der Waals surface area (Å²) in [6.07, 6.45) is 1.19. The van der Waals surface area contributed by atoms with E-state index in [2.05, 4.69) is 22.3 Å². The number of sulfonamides is 1. The van der Waals surface area contributed by atoms with Crippen LogP contribution in [-0.4, -0.2) is 46.9 Å². The van der Waals surface area contributed by atoms with Gasteiger partial charge in [-0.1, -0.05) is 42.5 Å². The monoisotopic (exact) mass is 479 g/mol. The molecule has 1 aliphatic heterocycles. The molecular weight excluding hydrogens is 450 g/mol. The molecular formula is C26H29N3O4S. The summed E-state index contributed by atoms with van der Waals surface area (Å²) in [7, 11) is -3.45. The molecule has 7 nitrogen and oxygen atoms in total. The number of ether oxygens (including phenoxy) is 1. The highest BCUT2D eigenvalue weighted by atomic mass is 32.2. The van der Waals surface area contributed by atoms with Crippen LogP contribution >= 0.6 is 0 Å². The Morgan fingerprint density at radius 3 is 2.15 bits per heavy atom. The molecule has 178 valence electrons. The zero-order valence-corrected chi connectivity index (χ0v) is 20.0. The first-order valence-corrected chi connectivity index (χ1v) is 13.1. The molecule has 3 aromatic carbocycles. The van der Waals surface area contributed by atoms with Crippen molar-refractivity contribution in [1.29, 1.82) is 0 Å². The van der Waals surface area contributed by atoms with Crippen LogP contribution in [0.3, 0.4) is 0 Å². The molecule has 1 aliphatic rings. The lowest BCUT2D eigenvalue weighted by molar-refractivity contribution is 0.0951. The van der Waals surface area contributed by atoms with Crippen LogP contribution in [0.5, 0.6) is 0 Å². The topological polar surface area (TPSA) is 79.0 Å². The predicted molar refractivity (Wildman–Crippen MR) is 135 cm³/mol. The van der Waals surface area contributed by atoms with Crippen LogP contribution in [0.15, 0.2) is 78.9 Å². The number of carbonyl (C=O) groups excluding carboxylic acids is 1. The molecule has 0 aliphatic carbocycles. The zero-order valence-electron chi connectivity index (χ0n) is 19.2. The van der Waals surface area contributed by atoms with Gasteiger partial charge in [0, 0.05) is 30.9 Å². The number of morpholine rings is 1. The summed E-state index contributed by atoms with van der Waals surface area (Å²) >= 11 is 0. The second-order valence-corrected chi connectivity index (χ2v) is 10.2. The maximum absolute atomic E-state index is 12.6. The number of para-hydroxylation sites is 1. The van der Waals surface area contributed by atoms with Crippen LogP contribution in [0, 0.1) is 0 Å². The van der Waals surface area contributed by atoms with E-state index in [9.17, 15) is 13.2 Å². The van der Waals surface area contributed by atoms with Crippen molar-refractivity contribution in [3.8, 4) is 0 Å². The Morgan fingerprint density at radius 2 is 1.53 bits per heavy atom. The third-order valence-electron chi connectivity index (χ3n) is 5.75. The van der Waals surface area contributed by atoms with Crippen molar-refractivity contribution in [3.63, 3.8) is 0 Å². The standard InChI is InChI=1S/C26H29N3O4S/c1-34(31,32)29(25-5-3-2-4-6-25)20-22-7-11-23(12-8-22)26(30)27-19-21-9-13-24(14-10-21)28-15-17-33-18-16-28/h2-14H,15-20H2,1H3,(H,27,30). The van der Waals surface area contributed by atoms with E-state index in [1.54, 1.807) is 48.5 Å². The lowest BCUT2D eigenvalue weighted by atomic mass is 10.1. The van der Waals surface area contributed by atoms with E-state index in [0.717, 1.165) is 43.1 Å². The van der Waals surface area contributed by atoms with E-state index in [4.69, 9.17) is 4.74 Å². The summed E-state index contributed by atoms with van der Waals surface area (Å²) in [5, 5.41) is 2.95. The van der Waals surface area contributed by atoms with Gasteiger partial charge in [0.1, 0.15) is 0 Å². The van der Waals surface area contributed by atoms with Crippen molar-refractivity contribution < 1.29 is 17.9 Å². The van der Waals surface area contributed by atoms with Crippen molar-refractivity contribution in [2.75, 3.05) is 41.8 Å². The average Bonchev–Trinajstić information content (AvgIpc) is 2.87. The maximum atomic E-state index is 12.6. The fourth-order valence-corrected chi connectivity index (χ4v) is 4.74. The van der Waals surface area contributed by atoms with Crippen molar-refractivity contribution >= 4 is 27.3 Å². The third kappa shape index (κ3) is 6.15. The smallest absolute Gasteiger partial charge is 0.251 e. The van der Waals surface area contributed by atoms with Crippen molar-refractivity contribution in [2.24, 2.45) is 0 Å². The Hall–Kier alpha value is -3.36. The molecule has 0 bridgehead atoms. The lowest BCUT2D eigenvalue weighted by Gasteiger charge is -2.28. The number of hydrogen-bond acceptors (Lipinski definition) is 5. The molecule has 34 heavy (non-hydrogen) atoms. The number of nitrogens with zero attached hydrogens (tertiary/aromatic N) is 2. The SMILES string of the molecule is CS(=O)(=O)N(Cc1ccc(C(=O)NCc2ccc(N3CCOCC3)cc2)cc1)c1ccccc1. The third-order valence-corrected chi connectivity index (χ3v) is 6.89. The number of carbonyl (C=O) groups is 1. The van der Waals surface area contributed by atoms with Gasteiger partial charge in [0.25, 0.3) is 5.91 Å². The van der Waals surface area contributed by atoms with E-state index in [0.29, 0.717) is 17.8 Å². The summed E-state index contributed by atoms with van der Waals surface area (Å²) in [4.78, 5) is 14.9. The van der Waals surface area contributed by atoms with Gasteiger partial charge >= 0.3 is 0 Å². The Morgan fingerprint density at radius 1 is 0.912 bits per heavy atom. The number of amides is 1. The van der Waals surface area contributed by atoms with Crippen molar-refractivity contribution in [2.45, 2.75) is 13.1 Å². The van der Waals surface area contributed by atoms with Gasteiger partial charge in [-0.25, -0.2) is 8.42 Å². The Balaban J connectivity index is 1.34. The molecule has 1 fully saturated rings. The van der Waals surface area contributed by atoms with Crippen LogP contribution in [0.4, 0.5) is 11.4 Å². The lowest BCUT2D eigenvalue weighted by Crippen LogP contribution is -2.36. The van der Waals surface area contributed by atoms with Gasteiger partial charge in [-0.3, -0.25) is 9.10 Å². The molecule has 0 saturated carbocycles. The van der Waals surface area contributed by atoms with E-state index < -0.39 is 10.0 Å². The van der Waals surface area contributed by atoms with Gasteiger partial charge in [0.05, 0.1) is 31.7 Å². The molecule has 4 rings (SSSR count). The van der Waals surface area contributed by atoms with E-state index in [1.165, 1.54) is 10.6 Å². The van der Waals surface area contributed by atoms with Crippen LogP contribution in [0.25, 0.3) is 0 Å². The fraction of sp³-hybridized carbons (Fsp3) is 0.269. The number of benzene rings is 3. The molecule has 0 spiro atoms. The second kappa shape index (κ2) is 10.7. The van der Waals surface area contributed by atoms with Crippen LogP contribution < -0.4 is 14.5 Å². The zero-order chi connectivity index (χ0) is 24.0. The minimum absolute atomic E-state index is 0.174. The summed E-state index contributed by atoms with van der Waals surface area (Å²) in [6, 6.07) is 24.2. The average molecular weight is 480 g/mol. The van der Waals surface area contributed by atoms with E-state index in [-0.39, 0.29) is 12.5 Å². The second-order valence-electron chi connectivity index (χ2n) is 8.25. The van der Waals surface area contributed by atoms with Crippen LogP contribution in [0.1, 0.15) is 21.5 Å². The molecule has 8 heteroatoms. The minimum Gasteiger partial charge on any atom is -0.378 e. The first kappa shape index (κ1) is 23.8. The van der Waals surface area contributed by atoms with Crippen molar-refractivity contribution in [3.05, 3.63) is 95.6 Å². The molecule has 3 aromatic rings. The highest BCUT2D eigenvalue weighted by molar-refractivity contribution is 7.92. The van der Waals surface area contributed by atoms with Crippen molar-refractivity contribution in [1.82, 2.24) is 5.32 Å². The number of hydrogen-bond donors (Lipinski definition) is 1. The molecule has 0 atom stereocenters. The number of rotatable bonds is 8. The number of nitrogens with one attached hydrogen (secondary N) is 1. The van der Waals surface area contributed by atoms with Gasteiger partial charge < -0.3 is 15.0 Å². The molecule has 1 saturated heterocycles. The van der Waals surface area contributed by atoms with Gasteiger partial charge in [-0.05, 0) is 47.5 Å². The number of anilines is 2. The molecule has 0 radical (unpaired) electrons. The van der Waals surface area contributed by atoms with Gasteiger partial charge in [0.2, 0.25) is 10.0 Å². The van der Waals surface area contributed by atoms with Gasteiger partial charge in [-0.2, -0.15) is 0 Å².